The van der Waals surface area contributed by atoms with Gasteiger partial charge < -0.3 is 14.2 Å². The molecule has 32 heavy (non-hydrogen) atoms. The minimum atomic E-state index is -0.0742. The minimum Gasteiger partial charge on any atom is -0.494 e. The predicted octanol–water partition coefficient (Wildman–Crippen LogP) is 4.79. The van der Waals surface area contributed by atoms with Gasteiger partial charge in [0.25, 0.3) is 5.91 Å². The van der Waals surface area contributed by atoms with Gasteiger partial charge in [0, 0.05) is 26.0 Å². The van der Waals surface area contributed by atoms with Crippen molar-refractivity contribution in [1.82, 2.24) is 19.4 Å². The van der Waals surface area contributed by atoms with Crippen molar-refractivity contribution in [1.29, 1.82) is 0 Å². The van der Waals surface area contributed by atoms with Gasteiger partial charge in [-0.05, 0) is 67.8 Å². The molecule has 6 heteroatoms. The van der Waals surface area contributed by atoms with Crippen LogP contribution in [0.2, 0.25) is 0 Å². The van der Waals surface area contributed by atoms with Gasteiger partial charge in [0.1, 0.15) is 11.6 Å². The number of para-hydroxylation sites is 2. The van der Waals surface area contributed by atoms with Gasteiger partial charge >= 0.3 is 0 Å². The molecule has 0 saturated heterocycles. The molecule has 0 aliphatic carbocycles. The van der Waals surface area contributed by atoms with E-state index in [1.54, 1.807) is 36.5 Å². The fourth-order valence-electron chi connectivity index (χ4n) is 3.92. The van der Waals surface area contributed by atoms with Crippen LogP contribution in [0.15, 0.2) is 67.0 Å². The Morgan fingerprint density at radius 2 is 1.84 bits per heavy atom. The number of imidazole rings is 1. The Hall–Kier alpha value is -3.67. The monoisotopic (exact) mass is 428 g/mol. The van der Waals surface area contributed by atoms with Crippen LogP contribution in [0.1, 0.15) is 33.7 Å². The molecule has 2 heterocycles. The number of aryl methyl sites for hydroxylation is 3. The summed E-state index contributed by atoms with van der Waals surface area (Å²) in [4.78, 5) is 23.3. The molecule has 0 fully saturated rings. The van der Waals surface area contributed by atoms with Gasteiger partial charge in [-0.3, -0.25) is 9.78 Å². The molecule has 6 nitrogen and oxygen atoms in total. The number of nitrogens with zero attached hydrogens (tertiary/aromatic N) is 4. The molecule has 0 aliphatic rings. The zero-order chi connectivity index (χ0) is 22.5. The predicted molar refractivity (Wildman–Crippen MR) is 126 cm³/mol. The number of pyridine rings is 1. The van der Waals surface area contributed by atoms with Crippen molar-refractivity contribution in [3.8, 4) is 5.75 Å². The molecular formula is C26H28N4O2. The molecule has 4 aromatic rings. The van der Waals surface area contributed by atoms with Crippen molar-refractivity contribution in [3.63, 3.8) is 0 Å². The summed E-state index contributed by atoms with van der Waals surface area (Å²) in [5.74, 6) is 1.69. The molecule has 164 valence electrons. The first-order chi connectivity index (χ1) is 15.5. The molecule has 0 bridgehead atoms. The van der Waals surface area contributed by atoms with E-state index in [2.05, 4.69) is 47.7 Å². The van der Waals surface area contributed by atoms with Gasteiger partial charge in [0.15, 0.2) is 0 Å². The number of fused-ring (bicyclic) bond motifs is 1. The highest BCUT2D eigenvalue weighted by Crippen LogP contribution is 2.20. The lowest BCUT2D eigenvalue weighted by molar-refractivity contribution is 0.0779. The maximum Gasteiger partial charge on any atom is 0.255 e. The Labute approximate surface area is 188 Å². The summed E-state index contributed by atoms with van der Waals surface area (Å²) in [7, 11) is 1.79. The fraction of sp³-hybridized carbons (Fsp3) is 0.269. The third-order valence-corrected chi connectivity index (χ3v) is 5.36. The maximum absolute atomic E-state index is 12.8. The highest BCUT2D eigenvalue weighted by atomic mass is 16.5. The van der Waals surface area contributed by atoms with E-state index in [9.17, 15) is 4.79 Å². The number of ether oxygens (including phenoxy) is 1. The number of carbonyl (C=O) groups is 1. The summed E-state index contributed by atoms with van der Waals surface area (Å²) >= 11 is 0. The average Bonchev–Trinajstić information content (AvgIpc) is 3.13. The molecule has 1 amide bonds. The van der Waals surface area contributed by atoms with Crippen molar-refractivity contribution < 1.29 is 9.53 Å². The summed E-state index contributed by atoms with van der Waals surface area (Å²) in [6.45, 7) is 5.94. The molecule has 2 aromatic carbocycles. The second-order valence-electron chi connectivity index (χ2n) is 8.10. The Morgan fingerprint density at radius 3 is 2.59 bits per heavy atom. The fourth-order valence-corrected chi connectivity index (χ4v) is 3.92. The standard InChI is InChI=1S/C26H28N4O2/c1-19-14-20(2)16-22(15-19)32-13-7-12-30-24-10-5-4-9-23(24)28-25(30)18-29(3)26(31)21-8-6-11-27-17-21/h4-6,8-11,14-17H,7,12-13,18H2,1-3H3. The highest BCUT2D eigenvalue weighted by molar-refractivity contribution is 5.93. The lowest BCUT2D eigenvalue weighted by Gasteiger charge is -2.18. The van der Waals surface area contributed by atoms with Crippen LogP contribution in [0, 0.1) is 13.8 Å². The molecule has 2 aromatic heterocycles. The van der Waals surface area contributed by atoms with Crippen LogP contribution in [0.5, 0.6) is 5.75 Å². The van der Waals surface area contributed by atoms with Crippen molar-refractivity contribution >= 4 is 16.9 Å². The number of amides is 1. The number of hydrogen-bond acceptors (Lipinski definition) is 4. The lowest BCUT2D eigenvalue weighted by atomic mass is 10.1. The summed E-state index contributed by atoms with van der Waals surface area (Å²) in [5, 5.41) is 0. The van der Waals surface area contributed by atoms with Crippen molar-refractivity contribution in [2.75, 3.05) is 13.7 Å². The molecular weight excluding hydrogens is 400 g/mol. The van der Waals surface area contributed by atoms with E-state index >= 15 is 0 Å². The smallest absolute Gasteiger partial charge is 0.255 e. The Bertz CT molecular complexity index is 1200. The van der Waals surface area contributed by atoms with E-state index in [0.717, 1.165) is 35.6 Å². The van der Waals surface area contributed by atoms with E-state index < -0.39 is 0 Å². The number of benzene rings is 2. The molecule has 0 unspecified atom stereocenters. The zero-order valence-electron chi connectivity index (χ0n) is 18.8. The highest BCUT2D eigenvalue weighted by Gasteiger charge is 2.17. The van der Waals surface area contributed by atoms with Crippen molar-refractivity contribution in [2.24, 2.45) is 0 Å². The van der Waals surface area contributed by atoms with Crippen LogP contribution < -0.4 is 4.74 Å². The number of hydrogen-bond donors (Lipinski definition) is 0. The Balaban J connectivity index is 1.47. The first kappa shape index (κ1) is 21.6. The summed E-state index contributed by atoms with van der Waals surface area (Å²) in [6.07, 6.45) is 4.09. The van der Waals surface area contributed by atoms with Gasteiger partial charge in [-0.25, -0.2) is 4.98 Å². The quantitative estimate of drug-likeness (QED) is 0.379. The topological polar surface area (TPSA) is 60.2 Å². The maximum atomic E-state index is 12.8. The van der Waals surface area contributed by atoms with Crippen LogP contribution in [0.4, 0.5) is 0 Å². The molecule has 4 rings (SSSR count). The molecule has 0 radical (unpaired) electrons. The SMILES string of the molecule is Cc1cc(C)cc(OCCCn2c(CN(C)C(=O)c3cccnc3)nc3ccccc32)c1. The van der Waals surface area contributed by atoms with Crippen LogP contribution in [-0.2, 0) is 13.1 Å². The third kappa shape index (κ3) is 4.97. The second-order valence-corrected chi connectivity index (χ2v) is 8.10. The van der Waals surface area contributed by atoms with E-state index in [0.29, 0.717) is 18.7 Å². The van der Waals surface area contributed by atoms with Crippen LogP contribution in [0.25, 0.3) is 11.0 Å². The van der Waals surface area contributed by atoms with Gasteiger partial charge in [-0.2, -0.15) is 0 Å². The third-order valence-electron chi connectivity index (χ3n) is 5.36. The number of aromatic nitrogens is 3. The first-order valence-electron chi connectivity index (χ1n) is 10.8. The van der Waals surface area contributed by atoms with Crippen molar-refractivity contribution in [2.45, 2.75) is 33.4 Å². The molecule has 0 N–H and O–H groups in total. The average molecular weight is 429 g/mol. The van der Waals surface area contributed by atoms with E-state index in [1.165, 1.54) is 11.1 Å². The lowest BCUT2D eigenvalue weighted by Crippen LogP contribution is -2.28. The van der Waals surface area contributed by atoms with Gasteiger partial charge in [-0.15, -0.1) is 0 Å². The zero-order valence-corrected chi connectivity index (χ0v) is 18.8. The summed E-state index contributed by atoms with van der Waals surface area (Å²) in [5.41, 5.74) is 4.96. The van der Waals surface area contributed by atoms with Gasteiger partial charge in [-0.1, -0.05) is 18.2 Å². The molecule has 0 atom stereocenters. The first-order valence-corrected chi connectivity index (χ1v) is 10.8. The normalized spacial score (nSPS) is 11.0. The van der Waals surface area contributed by atoms with Crippen molar-refractivity contribution in [3.05, 3.63) is 89.5 Å². The van der Waals surface area contributed by atoms with Crippen LogP contribution >= 0.6 is 0 Å². The van der Waals surface area contributed by atoms with E-state index in [1.807, 2.05) is 18.2 Å². The Kier molecular flexibility index (Phi) is 6.50. The summed E-state index contributed by atoms with van der Waals surface area (Å²) in [6, 6.07) is 17.9. The number of carbonyl (C=O) groups excluding carboxylic acids is 1. The van der Waals surface area contributed by atoms with Gasteiger partial charge in [0.05, 0.1) is 29.7 Å². The van der Waals surface area contributed by atoms with Crippen LogP contribution in [0.3, 0.4) is 0 Å². The van der Waals surface area contributed by atoms with Gasteiger partial charge in [0.2, 0.25) is 0 Å². The molecule has 0 aliphatic heterocycles. The molecule has 0 spiro atoms. The Morgan fingerprint density at radius 1 is 1.06 bits per heavy atom. The second kappa shape index (κ2) is 9.64. The number of rotatable bonds is 8. The largest absolute Gasteiger partial charge is 0.494 e. The summed E-state index contributed by atoms with van der Waals surface area (Å²) < 4.78 is 8.18. The van der Waals surface area contributed by atoms with E-state index in [4.69, 9.17) is 9.72 Å². The van der Waals surface area contributed by atoms with Crippen LogP contribution in [-0.4, -0.2) is 39.0 Å². The molecule has 0 saturated carbocycles. The minimum absolute atomic E-state index is 0.0742. The van der Waals surface area contributed by atoms with E-state index in [-0.39, 0.29) is 5.91 Å².